The molecule has 0 radical (unpaired) electrons. The molecular weight excluding hydrogens is 456 g/mol. The number of benzene rings is 3. The van der Waals surface area contributed by atoms with E-state index in [-0.39, 0.29) is 11.7 Å². The molecule has 6 nitrogen and oxygen atoms in total. The van der Waals surface area contributed by atoms with E-state index in [0.29, 0.717) is 24.8 Å². The second kappa shape index (κ2) is 12.0. The van der Waals surface area contributed by atoms with Gasteiger partial charge in [0.15, 0.2) is 11.0 Å². The van der Waals surface area contributed by atoms with Crippen molar-refractivity contribution in [3.63, 3.8) is 0 Å². The second-order valence-corrected chi connectivity index (χ2v) is 8.89. The van der Waals surface area contributed by atoms with E-state index < -0.39 is 0 Å². The molecule has 0 aliphatic heterocycles. The van der Waals surface area contributed by atoms with Crippen molar-refractivity contribution in [3.8, 4) is 17.1 Å². The summed E-state index contributed by atoms with van der Waals surface area (Å²) in [4.78, 5) is 15.2. The Morgan fingerprint density at radius 2 is 1.54 bits per heavy atom. The van der Waals surface area contributed by atoms with Crippen molar-refractivity contribution in [2.24, 2.45) is 0 Å². The zero-order valence-corrected chi connectivity index (χ0v) is 20.5. The minimum Gasteiger partial charge on any atom is -0.497 e. The van der Waals surface area contributed by atoms with E-state index in [9.17, 15) is 4.79 Å². The Bertz CT molecular complexity index is 1200. The van der Waals surface area contributed by atoms with Crippen LogP contribution in [0.2, 0.25) is 0 Å². The fourth-order valence-electron chi connectivity index (χ4n) is 3.70. The zero-order valence-electron chi connectivity index (χ0n) is 19.7. The maximum absolute atomic E-state index is 13.4. The molecule has 1 heterocycles. The number of ether oxygens (including phenoxy) is 1. The minimum absolute atomic E-state index is 0.0434. The number of carbonyl (C=O) groups is 1. The van der Waals surface area contributed by atoms with Crippen LogP contribution in [0.3, 0.4) is 0 Å². The number of amides is 1. The Morgan fingerprint density at radius 3 is 2.09 bits per heavy atom. The molecule has 0 saturated heterocycles. The standard InChI is InChI=1S/C28H28N4O2S/c1-3-18-32-27(24-14-16-25(34-2)17-15-24)29-30-28(32)35-21-26(33)31(19-22-10-6-4-7-11-22)20-23-12-8-5-9-13-23/h3-17H,1,18-21H2,2H3. The smallest absolute Gasteiger partial charge is 0.233 e. The number of methoxy groups -OCH3 is 1. The Morgan fingerprint density at radius 1 is 0.943 bits per heavy atom. The molecule has 4 rings (SSSR count). The molecule has 0 N–H and O–H groups in total. The molecule has 178 valence electrons. The van der Waals surface area contributed by atoms with Crippen LogP contribution >= 0.6 is 11.8 Å². The van der Waals surface area contributed by atoms with E-state index in [4.69, 9.17) is 4.74 Å². The van der Waals surface area contributed by atoms with E-state index in [1.807, 2.05) is 94.4 Å². The van der Waals surface area contributed by atoms with Gasteiger partial charge in [-0.3, -0.25) is 9.36 Å². The van der Waals surface area contributed by atoms with Gasteiger partial charge in [-0.2, -0.15) is 0 Å². The molecule has 1 aromatic heterocycles. The molecule has 35 heavy (non-hydrogen) atoms. The predicted octanol–water partition coefficient (Wildman–Crippen LogP) is 5.46. The minimum atomic E-state index is 0.0434. The van der Waals surface area contributed by atoms with Crippen molar-refractivity contribution in [3.05, 3.63) is 109 Å². The highest BCUT2D eigenvalue weighted by Gasteiger charge is 2.19. The monoisotopic (exact) mass is 484 g/mol. The van der Waals surface area contributed by atoms with Crippen molar-refractivity contribution in [1.29, 1.82) is 0 Å². The van der Waals surface area contributed by atoms with E-state index >= 15 is 0 Å². The van der Waals surface area contributed by atoms with Gasteiger partial charge < -0.3 is 9.64 Å². The molecule has 0 aliphatic carbocycles. The molecule has 3 aromatic carbocycles. The summed E-state index contributed by atoms with van der Waals surface area (Å²) in [5.74, 6) is 1.81. The topological polar surface area (TPSA) is 60.2 Å². The molecule has 1 amide bonds. The van der Waals surface area contributed by atoms with Crippen LogP contribution in [-0.4, -0.2) is 38.4 Å². The Kier molecular flexibility index (Phi) is 8.35. The molecule has 0 aliphatic rings. The van der Waals surface area contributed by atoms with Gasteiger partial charge in [-0.25, -0.2) is 0 Å². The van der Waals surface area contributed by atoms with Crippen LogP contribution in [0.25, 0.3) is 11.4 Å². The first kappa shape index (κ1) is 24.3. The lowest BCUT2D eigenvalue weighted by Gasteiger charge is -2.23. The Balaban J connectivity index is 1.51. The van der Waals surface area contributed by atoms with E-state index in [2.05, 4.69) is 16.8 Å². The van der Waals surface area contributed by atoms with Gasteiger partial charge in [0.05, 0.1) is 12.9 Å². The third-order valence-electron chi connectivity index (χ3n) is 5.49. The van der Waals surface area contributed by atoms with Gasteiger partial charge in [0, 0.05) is 25.2 Å². The average Bonchev–Trinajstić information content (AvgIpc) is 3.30. The van der Waals surface area contributed by atoms with Crippen LogP contribution in [-0.2, 0) is 24.4 Å². The highest BCUT2D eigenvalue weighted by atomic mass is 32.2. The Labute approximate surface area is 210 Å². The van der Waals surface area contributed by atoms with E-state index in [1.54, 1.807) is 13.2 Å². The number of thioether (sulfide) groups is 1. The molecule has 0 saturated carbocycles. The van der Waals surface area contributed by atoms with Crippen LogP contribution in [0.4, 0.5) is 0 Å². The summed E-state index contributed by atoms with van der Waals surface area (Å²) in [6.07, 6.45) is 1.80. The van der Waals surface area contributed by atoms with Crippen LogP contribution < -0.4 is 4.74 Å². The fraction of sp³-hybridized carbons (Fsp3) is 0.179. The lowest BCUT2D eigenvalue weighted by Crippen LogP contribution is -2.31. The van der Waals surface area contributed by atoms with Gasteiger partial charge in [-0.05, 0) is 35.4 Å². The highest BCUT2D eigenvalue weighted by molar-refractivity contribution is 7.99. The normalized spacial score (nSPS) is 10.7. The summed E-state index contributed by atoms with van der Waals surface area (Å²) in [5, 5.41) is 9.46. The van der Waals surface area contributed by atoms with Crippen molar-refractivity contribution >= 4 is 17.7 Å². The molecular formula is C28H28N4O2S. The summed E-state index contributed by atoms with van der Waals surface area (Å²) in [6, 6.07) is 27.8. The maximum Gasteiger partial charge on any atom is 0.233 e. The molecule has 7 heteroatoms. The van der Waals surface area contributed by atoms with Crippen molar-refractivity contribution < 1.29 is 9.53 Å². The summed E-state index contributed by atoms with van der Waals surface area (Å²) < 4.78 is 7.23. The summed E-state index contributed by atoms with van der Waals surface area (Å²) in [5.41, 5.74) is 3.12. The Hall–Kier alpha value is -3.84. The highest BCUT2D eigenvalue weighted by Crippen LogP contribution is 2.26. The second-order valence-electron chi connectivity index (χ2n) is 7.94. The van der Waals surface area contributed by atoms with Crippen LogP contribution in [0.5, 0.6) is 5.75 Å². The average molecular weight is 485 g/mol. The van der Waals surface area contributed by atoms with E-state index in [0.717, 1.165) is 28.3 Å². The van der Waals surface area contributed by atoms with Crippen molar-refractivity contribution in [1.82, 2.24) is 19.7 Å². The van der Waals surface area contributed by atoms with Crippen molar-refractivity contribution in [2.45, 2.75) is 24.8 Å². The SMILES string of the molecule is C=CCn1c(SCC(=O)N(Cc2ccccc2)Cc2ccccc2)nnc1-c1ccc(OC)cc1. The number of hydrogen-bond acceptors (Lipinski definition) is 5. The maximum atomic E-state index is 13.4. The number of aromatic nitrogens is 3. The molecule has 0 unspecified atom stereocenters. The largest absolute Gasteiger partial charge is 0.497 e. The predicted molar refractivity (Wildman–Crippen MR) is 140 cm³/mol. The molecule has 0 fully saturated rings. The summed E-state index contributed by atoms with van der Waals surface area (Å²) in [7, 11) is 1.64. The number of rotatable bonds is 11. The zero-order chi connectivity index (χ0) is 24.5. The third kappa shape index (κ3) is 6.39. The van der Waals surface area contributed by atoms with Gasteiger partial charge >= 0.3 is 0 Å². The van der Waals surface area contributed by atoms with Crippen LogP contribution in [0.15, 0.2) is 103 Å². The number of allylic oxidation sites excluding steroid dienone is 1. The lowest BCUT2D eigenvalue weighted by molar-refractivity contribution is -0.129. The molecule has 0 spiro atoms. The number of nitrogens with zero attached hydrogens (tertiary/aromatic N) is 4. The number of carbonyl (C=O) groups excluding carboxylic acids is 1. The van der Waals surface area contributed by atoms with Gasteiger partial charge in [0.25, 0.3) is 0 Å². The quantitative estimate of drug-likeness (QED) is 0.209. The first-order chi connectivity index (χ1) is 17.2. The summed E-state index contributed by atoms with van der Waals surface area (Å²) in [6.45, 7) is 5.51. The first-order valence-corrected chi connectivity index (χ1v) is 12.3. The van der Waals surface area contributed by atoms with Gasteiger partial charge in [-0.1, -0.05) is 78.5 Å². The van der Waals surface area contributed by atoms with Crippen LogP contribution in [0, 0.1) is 0 Å². The van der Waals surface area contributed by atoms with E-state index in [1.165, 1.54) is 11.8 Å². The molecule has 0 atom stereocenters. The third-order valence-corrected chi connectivity index (χ3v) is 6.44. The van der Waals surface area contributed by atoms with Gasteiger partial charge in [-0.15, -0.1) is 16.8 Å². The van der Waals surface area contributed by atoms with Gasteiger partial charge in [0.1, 0.15) is 5.75 Å². The van der Waals surface area contributed by atoms with Crippen LogP contribution in [0.1, 0.15) is 11.1 Å². The summed E-state index contributed by atoms with van der Waals surface area (Å²) >= 11 is 1.39. The molecule has 4 aromatic rings. The van der Waals surface area contributed by atoms with Crippen molar-refractivity contribution in [2.75, 3.05) is 12.9 Å². The lowest BCUT2D eigenvalue weighted by atomic mass is 10.1. The molecule has 0 bridgehead atoms. The fourth-order valence-corrected chi connectivity index (χ4v) is 4.55. The van der Waals surface area contributed by atoms with Gasteiger partial charge in [0.2, 0.25) is 5.91 Å². The first-order valence-electron chi connectivity index (χ1n) is 11.3. The number of hydrogen-bond donors (Lipinski definition) is 0.